The van der Waals surface area contributed by atoms with Crippen LogP contribution in [0.15, 0.2) is 18.2 Å². The van der Waals surface area contributed by atoms with Crippen LogP contribution in [0, 0.1) is 0 Å². The van der Waals surface area contributed by atoms with Gasteiger partial charge in [-0.15, -0.1) is 0 Å². The third kappa shape index (κ3) is 2.99. The molecular formula is C17H24O3. The zero-order chi connectivity index (χ0) is 13.9. The van der Waals surface area contributed by atoms with E-state index in [0.717, 1.165) is 56.3 Å². The van der Waals surface area contributed by atoms with Crippen LogP contribution in [-0.2, 0) is 11.2 Å². The quantitative estimate of drug-likeness (QED) is 0.919. The molecule has 3 rings (SSSR count). The molecule has 0 bridgehead atoms. The second-order valence-corrected chi connectivity index (χ2v) is 6.03. The maximum atomic E-state index is 10.1. The smallest absolute Gasteiger partial charge is 0.120 e. The van der Waals surface area contributed by atoms with Crippen LogP contribution in [0.2, 0.25) is 0 Å². The van der Waals surface area contributed by atoms with Gasteiger partial charge in [0.15, 0.2) is 0 Å². The minimum absolute atomic E-state index is 0.243. The van der Waals surface area contributed by atoms with Gasteiger partial charge in [-0.1, -0.05) is 6.07 Å². The molecule has 1 aromatic rings. The first-order valence-corrected chi connectivity index (χ1v) is 7.76. The first-order chi connectivity index (χ1) is 9.76. The molecule has 0 aromatic heterocycles. The van der Waals surface area contributed by atoms with Crippen molar-refractivity contribution in [3.8, 4) is 5.75 Å². The first-order valence-electron chi connectivity index (χ1n) is 7.76. The number of benzene rings is 1. The minimum Gasteiger partial charge on any atom is -0.490 e. The number of hydrogen-bond acceptors (Lipinski definition) is 3. The number of rotatable bonds is 3. The van der Waals surface area contributed by atoms with E-state index in [1.54, 1.807) is 7.11 Å². The number of hydrogen-bond donors (Lipinski definition) is 1. The molecule has 1 saturated carbocycles. The van der Waals surface area contributed by atoms with Crippen molar-refractivity contribution in [1.82, 2.24) is 0 Å². The number of ether oxygens (including phenoxy) is 2. The van der Waals surface area contributed by atoms with E-state index in [1.807, 2.05) is 12.1 Å². The van der Waals surface area contributed by atoms with E-state index in [4.69, 9.17) is 9.47 Å². The Kier molecular flexibility index (Phi) is 4.27. The van der Waals surface area contributed by atoms with Gasteiger partial charge in [0, 0.05) is 13.5 Å². The van der Waals surface area contributed by atoms with Crippen LogP contribution < -0.4 is 4.74 Å². The average Bonchev–Trinajstić information content (AvgIpc) is 2.48. The zero-order valence-corrected chi connectivity index (χ0v) is 12.2. The molecule has 3 nitrogen and oxygen atoms in total. The van der Waals surface area contributed by atoms with Crippen molar-refractivity contribution in [1.29, 1.82) is 0 Å². The van der Waals surface area contributed by atoms with Gasteiger partial charge in [0.2, 0.25) is 0 Å². The molecule has 0 amide bonds. The van der Waals surface area contributed by atoms with Gasteiger partial charge in [-0.3, -0.25) is 0 Å². The van der Waals surface area contributed by atoms with E-state index in [2.05, 4.69) is 6.07 Å². The van der Waals surface area contributed by atoms with Crippen molar-refractivity contribution in [2.45, 2.75) is 63.3 Å². The summed E-state index contributed by atoms with van der Waals surface area (Å²) in [6, 6.07) is 6.20. The van der Waals surface area contributed by atoms with Gasteiger partial charge in [-0.2, -0.15) is 0 Å². The maximum absolute atomic E-state index is 10.1. The van der Waals surface area contributed by atoms with Crippen molar-refractivity contribution in [2.24, 2.45) is 0 Å². The topological polar surface area (TPSA) is 38.7 Å². The predicted octanol–water partition coefficient (Wildman–Crippen LogP) is 3.39. The number of aryl methyl sites for hydroxylation is 1. The maximum Gasteiger partial charge on any atom is 0.120 e. The molecule has 0 spiro atoms. The third-order valence-electron chi connectivity index (χ3n) is 4.61. The molecule has 1 aromatic carbocycles. The Bertz CT molecular complexity index is 458. The average molecular weight is 276 g/mol. The lowest BCUT2D eigenvalue weighted by molar-refractivity contribution is 0.0208. The molecule has 3 heteroatoms. The van der Waals surface area contributed by atoms with Gasteiger partial charge in [0.1, 0.15) is 11.9 Å². The van der Waals surface area contributed by atoms with E-state index in [0.29, 0.717) is 6.10 Å². The fourth-order valence-corrected chi connectivity index (χ4v) is 3.44. The number of aliphatic hydroxyl groups excluding tert-OH is 1. The molecule has 110 valence electrons. The number of aliphatic hydroxyl groups is 1. The summed E-state index contributed by atoms with van der Waals surface area (Å²) in [5.41, 5.74) is 2.34. The van der Waals surface area contributed by atoms with E-state index < -0.39 is 0 Å². The van der Waals surface area contributed by atoms with Crippen molar-refractivity contribution in [2.75, 3.05) is 7.11 Å². The number of methoxy groups -OCH3 is 1. The van der Waals surface area contributed by atoms with Gasteiger partial charge in [0.05, 0.1) is 12.2 Å². The van der Waals surface area contributed by atoms with E-state index in [-0.39, 0.29) is 12.2 Å². The van der Waals surface area contributed by atoms with Gasteiger partial charge in [0.25, 0.3) is 0 Å². The van der Waals surface area contributed by atoms with Crippen molar-refractivity contribution >= 4 is 0 Å². The van der Waals surface area contributed by atoms with Crippen molar-refractivity contribution in [3.63, 3.8) is 0 Å². The molecule has 20 heavy (non-hydrogen) atoms. The third-order valence-corrected chi connectivity index (χ3v) is 4.61. The zero-order valence-electron chi connectivity index (χ0n) is 12.2. The summed E-state index contributed by atoms with van der Waals surface area (Å²) in [6.45, 7) is 0. The van der Waals surface area contributed by atoms with Gasteiger partial charge in [-0.25, -0.2) is 0 Å². The Balaban J connectivity index is 1.70. The van der Waals surface area contributed by atoms with Gasteiger partial charge in [-0.05, 0) is 61.8 Å². The van der Waals surface area contributed by atoms with Crippen LogP contribution >= 0.6 is 0 Å². The monoisotopic (exact) mass is 276 g/mol. The summed E-state index contributed by atoms with van der Waals surface area (Å²) < 4.78 is 11.6. The van der Waals surface area contributed by atoms with Crippen LogP contribution in [0.5, 0.6) is 5.75 Å². The summed E-state index contributed by atoms with van der Waals surface area (Å²) >= 11 is 0. The molecule has 2 aliphatic carbocycles. The molecule has 0 saturated heterocycles. The molecule has 2 aliphatic rings. The molecule has 3 atom stereocenters. The fourth-order valence-electron chi connectivity index (χ4n) is 3.44. The first kappa shape index (κ1) is 13.9. The lowest BCUT2D eigenvalue weighted by atomic mass is 9.89. The second kappa shape index (κ2) is 6.15. The Morgan fingerprint density at radius 3 is 2.80 bits per heavy atom. The summed E-state index contributed by atoms with van der Waals surface area (Å²) in [5.74, 6) is 0.895. The highest BCUT2D eigenvalue weighted by Crippen LogP contribution is 2.33. The molecule has 1 N–H and O–H groups in total. The van der Waals surface area contributed by atoms with E-state index in [1.165, 1.54) is 5.56 Å². The Morgan fingerprint density at radius 1 is 1.10 bits per heavy atom. The van der Waals surface area contributed by atoms with E-state index >= 15 is 0 Å². The summed E-state index contributed by atoms with van der Waals surface area (Å²) in [5, 5.41) is 10.1. The fraction of sp³-hybridized carbons (Fsp3) is 0.647. The molecule has 0 aliphatic heterocycles. The molecular weight excluding hydrogens is 252 g/mol. The standard InChI is InChI=1S/C17H24O3/c1-19-13-5-3-6-14(10-13)20-15-9-8-12-4-2-7-17(18)16(12)11-15/h8-9,11,13-14,17-18H,2-7,10H2,1H3. The number of fused-ring (bicyclic) bond motifs is 1. The highest BCUT2D eigenvalue weighted by molar-refractivity contribution is 5.38. The van der Waals surface area contributed by atoms with Gasteiger partial charge < -0.3 is 14.6 Å². The Labute approximate surface area is 120 Å². The molecule has 0 radical (unpaired) electrons. The van der Waals surface area contributed by atoms with Crippen LogP contribution in [-0.4, -0.2) is 24.4 Å². The van der Waals surface area contributed by atoms with Crippen LogP contribution in [0.1, 0.15) is 55.8 Å². The Morgan fingerprint density at radius 2 is 1.95 bits per heavy atom. The molecule has 1 fully saturated rings. The van der Waals surface area contributed by atoms with Crippen molar-refractivity contribution < 1.29 is 14.6 Å². The molecule has 0 heterocycles. The predicted molar refractivity (Wildman–Crippen MR) is 78.0 cm³/mol. The van der Waals surface area contributed by atoms with Crippen LogP contribution in [0.3, 0.4) is 0 Å². The highest BCUT2D eigenvalue weighted by Gasteiger charge is 2.24. The lowest BCUT2D eigenvalue weighted by Crippen LogP contribution is -2.29. The van der Waals surface area contributed by atoms with Crippen LogP contribution in [0.4, 0.5) is 0 Å². The van der Waals surface area contributed by atoms with Crippen molar-refractivity contribution in [3.05, 3.63) is 29.3 Å². The highest BCUT2D eigenvalue weighted by atomic mass is 16.5. The lowest BCUT2D eigenvalue weighted by Gasteiger charge is -2.29. The van der Waals surface area contributed by atoms with Gasteiger partial charge >= 0.3 is 0 Å². The second-order valence-electron chi connectivity index (χ2n) is 6.03. The van der Waals surface area contributed by atoms with Crippen LogP contribution in [0.25, 0.3) is 0 Å². The summed E-state index contributed by atoms with van der Waals surface area (Å²) in [6.07, 6.45) is 7.64. The largest absolute Gasteiger partial charge is 0.490 e. The molecule has 3 unspecified atom stereocenters. The normalized spacial score (nSPS) is 29.8. The Hall–Kier alpha value is -1.06. The minimum atomic E-state index is -0.319. The summed E-state index contributed by atoms with van der Waals surface area (Å²) in [4.78, 5) is 0. The van der Waals surface area contributed by atoms with E-state index in [9.17, 15) is 5.11 Å². The summed E-state index contributed by atoms with van der Waals surface area (Å²) in [7, 11) is 1.78. The SMILES string of the molecule is COC1CCCC(Oc2ccc3c(c2)C(O)CCC3)C1.